The maximum absolute atomic E-state index is 12.4. The van der Waals surface area contributed by atoms with Gasteiger partial charge in [-0.3, -0.25) is 0 Å². The first-order valence-electron chi connectivity index (χ1n) is 3.13. The molecule has 0 bridgehead atoms. The van der Waals surface area contributed by atoms with Gasteiger partial charge < -0.3 is 2.85 Å². The molecule has 0 aromatic carbocycles. The first-order chi connectivity index (χ1) is 5.00. The van der Waals surface area contributed by atoms with E-state index in [0.29, 0.717) is 13.8 Å². The van der Waals surface area contributed by atoms with Gasteiger partial charge in [0.1, 0.15) is 5.41 Å². The van der Waals surface area contributed by atoms with Crippen molar-refractivity contribution < 1.29 is 29.2 Å². The summed E-state index contributed by atoms with van der Waals surface area (Å²) in [6, 6.07) is 0. The molecule has 0 N–H and O–H groups in total. The smallest absolute Gasteiger partial charge is 1.00 e. The Balaban J connectivity index is -0.000000480. The number of rotatable bonds is 0. The van der Waals surface area contributed by atoms with Crippen molar-refractivity contribution in [1.29, 1.82) is 0 Å². The quantitative estimate of drug-likeness (QED) is 0.433. The SMILES string of the molecule is CC1(C)C(F)(F)C(F)(F)C1(F)F.[H-].[H-].[Mg+2]. The molecule has 0 atom stereocenters. The Morgan fingerprint density at radius 2 is 0.923 bits per heavy atom. The normalized spacial score (nSPS) is 31.4. The minimum Gasteiger partial charge on any atom is -1.00 e. The number of hydrogen-bond donors (Lipinski definition) is 0. The molecule has 1 fully saturated rings. The Labute approximate surface area is 89.8 Å². The van der Waals surface area contributed by atoms with Crippen molar-refractivity contribution >= 4 is 23.1 Å². The standard InChI is InChI=1S/C6H6F6.Mg.2H/c1-3(2)4(7,8)6(11,12)5(3,9)10;;;/h1-2H3;;;/q;+2;2*-1. The van der Waals surface area contributed by atoms with Crippen LogP contribution in [0.5, 0.6) is 0 Å². The Bertz CT molecular complexity index is 166. The molecule has 0 aromatic rings. The molecule has 0 nitrogen and oxygen atoms in total. The first kappa shape index (κ1) is 13.3. The van der Waals surface area contributed by atoms with Gasteiger partial charge >= 0.3 is 40.8 Å². The van der Waals surface area contributed by atoms with Crippen LogP contribution in [0.3, 0.4) is 0 Å². The Morgan fingerprint density at radius 1 is 0.692 bits per heavy atom. The molecule has 0 unspecified atom stereocenters. The second-order valence-corrected chi connectivity index (χ2v) is 3.35. The predicted molar refractivity (Wildman–Crippen MR) is 36.6 cm³/mol. The summed E-state index contributed by atoms with van der Waals surface area (Å²) >= 11 is 0. The first-order valence-corrected chi connectivity index (χ1v) is 3.13. The van der Waals surface area contributed by atoms with Crippen molar-refractivity contribution in [2.45, 2.75) is 31.6 Å². The molecule has 0 amide bonds. The molecule has 0 radical (unpaired) electrons. The van der Waals surface area contributed by atoms with Gasteiger partial charge in [-0.2, -0.15) is 26.3 Å². The monoisotopic (exact) mass is 218 g/mol. The molecular formula is C6H8F6Mg. The summed E-state index contributed by atoms with van der Waals surface area (Å²) < 4.78 is 73.6. The van der Waals surface area contributed by atoms with Crippen molar-refractivity contribution in [1.82, 2.24) is 0 Å². The second kappa shape index (κ2) is 2.68. The molecule has 0 saturated heterocycles. The van der Waals surface area contributed by atoms with E-state index in [0.717, 1.165) is 0 Å². The molecule has 7 heteroatoms. The molecule has 0 aromatic heterocycles. The van der Waals surface area contributed by atoms with Crippen molar-refractivity contribution in [3.05, 3.63) is 0 Å². The van der Waals surface area contributed by atoms with E-state index in [2.05, 4.69) is 0 Å². The van der Waals surface area contributed by atoms with Gasteiger partial charge in [-0.05, 0) is 13.8 Å². The van der Waals surface area contributed by atoms with Crippen molar-refractivity contribution in [2.24, 2.45) is 5.41 Å². The maximum atomic E-state index is 12.4. The molecule has 1 saturated carbocycles. The Hall–Kier alpha value is 0.346. The van der Waals surface area contributed by atoms with Gasteiger partial charge in [0.25, 0.3) is 0 Å². The van der Waals surface area contributed by atoms with E-state index in [1.807, 2.05) is 0 Å². The maximum Gasteiger partial charge on any atom is 2.00 e. The molecule has 1 aliphatic carbocycles. The molecule has 76 valence electrons. The summed E-state index contributed by atoms with van der Waals surface area (Å²) in [6.45, 7) is 0.842. The van der Waals surface area contributed by atoms with E-state index in [1.54, 1.807) is 0 Å². The molecule has 1 rings (SSSR count). The fourth-order valence-electron chi connectivity index (χ4n) is 1.12. The molecule has 0 heterocycles. The topological polar surface area (TPSA) is 0 Å². The van der Waals surface area contributed by atoms with Crippen LogP contribution in [0.2, 0.25) is 0 Å². The van der Waals surface area contributed by atoms with Crippen LogP contribution >= 0.6 is 0 Å². The van der Waals surface area contributed by atoms with Crippen LogP contribution in [0.1, 0.15) is 16.7 Å². The van der Waals surface area contributed by atoms with Gasteiger partial charge in [0.05, 0.1) is 0 Å². The summed E-state index contributed by atoms with van der Waals surface area (Å²) in [5.74, 6) is -14.5. The van der Waals surface area contributed by atoms with Crippen molar-refractivity contribution in [3.63, 3.8) is 0 Å². The Morgan fingerprint density at radius 3 is 1.00 bits per heavy atom. The predicted octanol–water partition coefficient (Wildman–Crippen LogP) is 2.78. The summed E-state index contributed by atoms with van der Waals surface area (Å²) in [5.41, 5.74) is -2.97. The zero-order chi connectivity index (χ0) is 10.0. The average Bonchev–Trinajstić information content (AvgIpc) is 1.84. The van der Waals surface area contributed by atoms with Crippen LogP contribution in [0.15, 0.2) is 0 Å². The van der Waals surface area contributed by atoms with Crippen LogP contribution in [0, 0.1) is 5.41 Å². The molecule has 0 aliphatic heterocycles. The van der Waals surface area contributed by atoms with Gasteiger partial charge in [0.15, 0.2) is 0 Å². The van der Waals surface area contributed by atoms with E-state index in [4.69, 9.17) is 0 Å². The summed E-state index contributed by atoms with van der Waals surface area (Å²) in [4.78, 5) is 0. The van der Waals surface area contributed by atoms with Crippen LogP contribution in [-0.2, 0) is 0 Å². The largest absolute Gasteiger partial charge is 2.00 e. The zero-order valence-electron chi connectivity index (χ0n) is 8.97. The number of halogens is 6. The number of alkyl halides is 6. The van der Waals surface area contributed by atoms with Gasteiger partial charge in [0, 0.05) is 0 Å². The summed E-state index contributed by atoms with van der Waals surface area (Å²) in [5, 5.41) is 0. The van der Waals surface area contributed by atoms with Crippen LogP contribution in [-0.4, -0.2) is 40.8 Å². The van der Waals surface area contributed by atoms with E-state index in [9.17, 15) is 26.3 Å². The van der Waals surface area contributed by atoms with E-state index in [1.165, 1.54) is 0 Å². The minimum atomic E-state index is -5.22. The third-order valence-electron chi connectivity index (χ3n) is 2.36. The summed E-state index contributed by atoms with van der Waals surface area (Å²) in [6.07, 6.45) is 0. The summed E-state index contributed by atoms with van der Waals surface area (Å²) in [7, 11) is 0. The number of hydrogen-bond acceptors (Lipinski definition) is 0. The molecule has 13 heavy (non-hydrogen) atoms. The minimum absolute atomic E-state index is 0. The molecule has 0 spiro atoms. The van der Waals surface area contributed by atoms with E-state index >= 15 is 0 Å². The van der Waals surface area contributed by atoms with E-state index < -0.39 is 23.2 Å². The van der Waals surface area contributed by atoms with Crippen molar-refractivity contribution in [3.8, 4) is 0 Å². The third-order valence-corrected chi connectivity index (χ3v) is 2.36. The third kappa shape index (κ3) is 1.00. The second-order valence-electron chi connectivity index (χ2n) is 3.35. The molecule has 1 aliphatic rings. The average molecular weight is 218 g/mol. The van der Waals surface area contributed by atoms with Crippen LogP contribution in [0.4, 0.5) is 26.3 Å². The van der Waals surface area contributed by atoms with Crippen molar-refractivity contribution in [2.75, 3.05) is 0 Å². The van der Waals surface area contributed by atoms with Crippen LogP contribution in [0.25, 0.3) is 0 Å². The van der Waals surface area contributed by atoms with Gasteiger partial charge in [-0.15, -0.1) is 0 Å². The van der Waals surface area contributed by atoms with Gasteiger partial charge in [-0.1, -0.05) is 0 Å². The Kier molecular flexibility index (Phi) is 2.75. The zero-order valence-corrected chi connectivity index (χ0v) is 8.39. The van der Waals surface area contributed by atoms with Gasteiger partial charge in [0.2, 0.25) is 0 Å². The van der Waals surface area contributed by atoms with Crippen LogP contribution < -0.4 is 0 Å². The fourth-order valence-corrected chi connectivity index (χ4v) is 1.12. The fraction of sp³-hybridized carbons (Fsp3) is 1.00. The van der Waals surface area contributed by atoms with E-state index in [-0.39, 0.29) is 25.9 Å². The molecular weight excluding hydrogens is 210 g/mol. The van der Waals surface area contributed by atoms with Gasteiger partial charge in [-0.25, -0.2) is 0 Å².